The van der Waals surface area contributed by atoms with Gasteiger partial charge in [-0.1, -0.05) is 0 Å². The van der Waals surface area contributed by atoms with Crippen molar-refractivity contribution in [1.82, 2.24) is 0 Å². The second-order valence-corrected chi connectivity index (χ2v) is 12.8. The Balaban J connectivity index is 6.12. The molecule has 0 aliphatic rings. The van der Waals surface area contributed by atoms with Crippen molar-refractivity contribution in [2.45, 2.75) is 108 Å². The van der Waals surface area contributed by atoms with E-state index in [0.717, 1.165) is 0 Å². The summed E-state index contributed by atoms with van der Waals surface area (Å²) in [6.07, 6.45) is -25.5. The van der Waals surface area contributed by atoms with Crippen LogP contribution < -0.4 is 0 Å². The number of esters is 2. The Morgan fingerprint density at radius 3 is 0.883 bits per heavy atom. The molecule has 60 heavy (non-hydrogen) atoms. The van der Waals surface area contributed by atoms with Crippen molar-refractivity contribution < 1.29 is 164 Å². The van der Waals surface area contributed by atoms with Gasteiger partial charge in [0.05, 0.1) is 32.5 Å². The number of hydrogen-bond acceptors (Lipinski definition) is 6. The van der Waals surface area contributed by atoms with E-state index in [2.05, 4.69) is 9.47 Å². The predicted octanol–water partition coefficient (Wildman–Crippen LogP) is 9.25. The van der Waals surface area contributed by atoms with Gasteiger partial charge in [-0.25, -0.2) is 0 Å². The monoisotopic (exact) mass is 990 g/mol. The van der Waals surface area contributed by atoms with Crippen LogP contribution >= 0.6 is 0 Å². The zero-order valence-electron chi connectivity index (χ0n) is 26.8. The van der Waals surface area contributed by atoms with E-state index in [4.69, 9.17) is 4.55 Å². The summed E-state index contributed by atoms with van der Waals surface area (Å²) in [5.74, 6) is -105. The molecule has 7 nitrogen and oxygen atoms in total. The zero-order chi connectivity index (χ0) is 49.2. The minimum absolute atomic E-state index is 2.62. The van der Waals surface area contributed by atoms with E-state index in [1.807, 2.05) is 0 Å². The van der Waals surface area contributed by atoms with Crippen molar-refractivity contribution in [3.05, 3.63) is 0 Å². The molecular weight excluding hydrogens is 978 g/mol. The number of rotatable bonds is 20. The van der Waals surface area contributed by atoms with Crippen LogP contribution in [0.1, 0.15) is 19.3 Å². The molecule has 0 aliphatic carbocycles. The maximum absolute atomic E-state index is 13.9. The van der Waals surface area contributed by atoms with Crippen LogP contribution in [0.2, 0.25) is 0 Å². The van der Waals surface area contributed by atoms with Crippen LogP contribution in [0, 0.1) is 0 Å². The van der Waals surface area contributed by atoms with Gasteiger partial charge in [-0.3, -0.25) is 14.1 Å². The summed E-state index contributed by atoms with van der Waals surface area (Å²) in [6.45, 7) is -5.63. The fraction of sp³-hybridized carbons (Fsp3) is 0.909. The van der Waals surface area contributed by atoms with E-state index < -0.39 is 143 Å². The molecule has 0 aromatic heterocycles. The lowest BCUT2D eigenvalue weighted by atomic mass is 9.90. The third-order valence-corrected chi connectivity index (χ3v) is 8.18. The van der Waals surface area contributed by atoms with Gasteiger partial charge >= 0.3 is 95.4 Å². The van der Waals surface area contributed by atoms with Crippen LogP contribution in [0.4, 0.5) is 132 Å². The fourth-order valence-corrected chi connectivity index (χ4v) is 4.16. The topological polar surface area (TPSA) is 107 Å². The number of ether oxygens (including phenoxy) is 2. The lowest BCUT2D eigenvalue weighted by Crippen LogP contribution is -2.72. The zero-order valence-corrected chi connectivity index (χ0v) is 27.6. The second-order valence-electron chi connectivity index (χ2n) is 11.2. The van der Waals surface area contributed by atoms with Crippen molar-refractivity contribution in [1.29, 1.82) is 0 Å². The maximum Gasteiger partial charge on any atom is 0.460 e. The molecule has 0 fully saturated rings. The van der Waals surface area contributed by atoms with Gasteiger partial charge < -0.3 is 9.47 Å². The molecule has 0 aromatic carbocycles. The van der Waals surface area contributed by atoms with E-state index in [0.29, 0.717) is 0 Å². The number of carbonyl (C=O) groups excluding carboxylic acids is 2. The molecule has 0 radical (unpaired) electrons. The largest absolute Gasteiger partial charge is 0.465 e. The van der Waals surface area contributed by atoms with Crippen LogP contribution in [-0.4, -0.2) is 127 Å². The molecular formula is C22H12F30O7S. The van der Waals surface area contributed by atoms with Crippen molar-refractivity contribution in [2.75, 3.05) is 13.2 Å². The summed E-state index contributed by atoms with van der Waals surface area (Å²) in [4.78, 5) is 23.5. The minimum Gasteiger partial charge on any atom is -0.465 e. The van der Waals surface area contributed by atoms with Crippen molar-refractivity contribution in [3.8, 4) is 0 Å². The molecule has 0 aromatic rings. The van der Waals surface area contributed by atoms with Crippen molar-refractivity contribution in [3.63, 3.8) is 0 Å². The van der Waals surface area contributed by atoms with Gasteiger partial charge in [0.15, 0.2) is 5.25 Å². The Kier molecular flexibility index (Phi) is 15.0. The highest BCUT2D eigenvalue weighted by Crippen LogP contribution is 2.64. The number of carbonyl (C=O) groups is 2. The van der Waals surface area contributed by atoms with Crippen molar-refractivity contribution in [2.24, 2.45) is 0 Å². The Labute approximate surface area is 308 Å². The molecule has 1 atom stereocenters. The van der Waals surface area contributed by atoms with Gasteiger partial charge in [-0.2, -0.15) is 140 Å². The number of hydrogen-bond donors (Lipinski definition) is 1. The van der Waals surface area contributed by atoms with Crippen LogP contribution in [-0.2, 0) is 29.2 Å². The summed E-state index contributed by atoms with van der Waals surface area (Å²) < 4.78 is 435. The molecule has 0 bridgehead atoms. The standard InChI is InChI=1S/C22H12F30O7S/c23-9(24,11(27,28)13(31,32)15(35,36)17(39,40)19(43,44)21(47,48)49)1-3-58-7(53)5-6(60(55,56)57)8(54)59-4-2-10(25,26)12(29,30)14(33,34)16(37,38)18(41,42)20(45,46)22(50,51)52/h6H,1-5H2,(H,55,56,57). The normalized spacial score (nSPS) is 16.4. The first-order chi connectivity index (χ1) is 25.6. The second kappa shape index (κ2) is 15.8. The van der Waals surface area contributed by atoms with Crippen molar-refractivity contribution >= 4 is 22.1 Å². The molecule has 38 heteroatoms. The van der Waals surface area contributed by atoms with Gasteiger partial charge in [0.2, 0.25) is 0 Å². The highest BCUT2D eigenvalue weighted by atomic mass is 32.2. The SMILES string of the molecule is O=C(CC(C(=O)OCCC(F)(F)C(F)(F)C(F)(F)C(F)(F)C(F)(F)C(F)(F)C(F)(F)F)S(=O)(=O)O)OCCC(F)(F)C(F)(F)C(F)(F)C(F)(F)C(F)(F)C(F)(F)C(F)(F)F. The van der Waals surface area contributed by atoms with Crippen LogP contribution in [0.3, 0.4) is 0 Å². The van der Waals surface area contributed by atoms with Gasteiger partial charge in [-0.15, -0.1) is 0 Å². The summed E-state index contributed by atoms with van der Waals surface area (Å²) in [5, 5.41) is -3.87. The summed E-state index contributed by atoms with van der Waals surface area (Å²) in [7, 11) is -6.43. The van der Waals surface area contributed by atoms with E-state index in [1.165, 1.54) is 0 Å². The first-order valence-corrected chi connectivity index (χ1v) is 15.1. The highest BCUT2D eigenvalue weighted by molar-refractivity contribution is 7.87. The van der Waals surface area contributed by atoms with Crippen LogP contribution in [0.5, 0.6) is 0 Å². The van der Waals surface area contributed by atoms with Gasteiger partial charge in [0.25, 0.3) is 10.1 Å². The lowest BCUT2D eigenvalue weighted by molar-refractivity contribution is -0.452. The van der Waals surface area contributed by atoms with E-state index in [1.54, 1.807) is 0 Å². The van der Waals surface area contributed by atoms with E-state index >= 15 is 0 Å². The highest BCUT2D eigenvalue weighted by Gasteiger charge is 2.94. The first kappa shape index (κ1) is 56.8. The molecule has 0 saturated carbocycles. The maximum atomic E-state index is 13.9. The molecule has 1 N–H and O–H groups in total. The molecule has 0 aliphatic heterocycles. The molecule has 0 spiro atoms. The summed E-state index contributed by atoms with van der Waals surface area (Å²) in [5.41, 5.74) is 0. The molecule has 0 amide bonds. The first-order valence-electron chi connectivity index (χ1n) is 13.6. The minimum atomic E-state index is -8.78. The van der Waals surface area contributed by atoms with E-state index in [9.17, 15) is 150 Å². The average molecular weight is 990 g/mol. The van der Waals surface area contributed by atoms with Gasteiger partial charge in [0, 0.05) is 0 Å². The van der Waals surface area contributed by atoms with Gasteiger partial charge in [0.1, 0.15) is 0 Å². The summed E-state index contributed by atoms with van der Waals surface area (Å²) >= 11 is 0. The van der Waals surface area contributed by atoms with Gasteiger partial charge in [-0.05, 0) is 0 Å². The Hall–Kier alpha value is -3.25. The number of alkyl halides is 30. The lowest BCUT2D eigenvalue weighted by Gasteiger charge is -2.41. The van der Waals surface area contributed by atoms with E-state index in [-0.39, 0.29) is 0 Å². The Morgan fingerprint density at radius 1 is 0.400 bits per heavy atom. The third-order valence-electron chi connectivity index (χ3n) is 7.10. The molecule has 0 rings (SSSR count). The Bertz CT molecular complexity index is 1660. The molecule has 1 unspecified atom stereocenters. The fourth-order valence-electron chi connectivity index (χ4n) is 3.50. The van der Waals surface area contributed by atoms with Crippen LogP contribution in [0.15, 0.2) is 0 Å². The Morgan fingerprint density at radius 2 is 0.633 bits per heavy atom. The quantitative estimate of drug-likeness (QED) is 0.0737. The molecule has 0 saturated heterocycles. The molecule has 358 valence electrons. The average Bonchev–Trinajstić information content (AvgIpc) is 3.00. The molecule has 0 heterocycles. The smallest absolute Gasteiger partial charge is 0.460 e. The number of halogens is 30. The predicted molar refractivity (Wildman–Crippen MR) is 123 cm³/mol. The van der Waals surface area contributed by atoms with Crippen LogP contribution in [0.25, 0.3) is 0 Å². The summed E-state index contributed by atoms with van der Waals surface area (Å²) in [6, 6.07) is 0. The third kappa shape index (κ3) is 8.98.